The number of nitrogens with zero attached hydrogens (tertiary/aromatic N) is 8. The largest absolute Gasteiger partial charge is 0.390 e. The van der Waals surface area contributed by atoms with Gasteiger partial charge in [0.2, 0.25) is 80.9 Å². The van der Waals surface area contributed by atoms with Crippen molar-refractivity contribution in [3.8, 4) is 0 Å². The zero-order chi connectivity index (χ0) is 74.6. The van der Waals surface area contributed by atoms with Crippen LogP contribution in [0.4, 0.5) is 0 Å². The Bertz CT molecular complexity index is 2780. The molecule has 552 valence electrons. The topological polar surface area (TPSA) is 345 Å². The summed E-state index contributed by atoms with van der Waals surface area (Å²) in [5, 5.41) is 25.9. The molecule has 96 heavy (non-hydrogen) atoms. The van der Waals surface area contributed by atoms with Crippen LogP contribution in [0.5, 0.6) is 0 Å². The summed E-state index contributed by atoms with van der Waals surface area (Å²) in [5.74, 6) is -11.6. The molecule has 1 heterocycles. The number of aliphatic hydroxyl groups is 1. The minimum absolute atomic E-state index is 0.0614. The van der Waals surface area contributed by atoms with Crippen LogP contribution in [0.25, 0.3) is 0 Å². The number of sulfonamides is 1. The Kier molecular flexibility index (Phi) is 35.7. The number of nitrogens with one attached hydrogen (secondary N) is 5. The van der Waals surface area contributed by atoms with Gasteiger partial charge in [0.1, 0.15) is 66.5 Å². The average molecular weight is 1380 g/mol. The Balaban J connectivity index is 4.37. The lowest BCUT2D eigenvalue weighted by molar-refractivity contribution is -0.157. The molecule has 0 spiro atoms. The first-order chi connectivity index (χ1) is 44.1. The Morgan fingerprint density at radius 3 is 1.35 bits per heavy atom. The van der Waals surface area contributed by atoms with E-state index in [4.69, 9.17) is 0 Å². The summed E-state index contributed by atoms with van der Waals surface area (Å²) in [6.45, 7) is 28.9. The van der Waals surface area contributed by atoms with Gasteiger partial charge in [-0.25, -0.2) is 12.7 Å². The Labute approximate surface area is 573 Å². The molecule has 1 aliphatic rings. The SMILES string of the molecule is CC[C@@H]1NC(=O)[C@H]([C@H](O)[C@H](C)CCCC(=O)NCCS(=O)(=O)N(C)C)N(C)C(=O)[C@H](C(C)C)N(C)C(=O)[C@H](CC(C)C)N(C)C(=O)[C@H](CC(C)C)N(C)C(=O)[C@@H](C)NC(=O)[C@H](C)NC(=O)[C@H](CC(C)C)N(C)C(=O)[C@H](C(C)C)NC(=O)[C@H](CC(C)C)N(C)C(=O)[C@@H](C)N(C)C1=O. The number of hydrogen-bond donors (Lipinski definition) is 6. The molecule has 0 radical (unpaired) electrons. The summed E-state index contributed by atoms with van der Waals surface area (Å²) in [5.41, 5.74) is 0. The lowest BCUT2D eigenvalue weighted by Gasteiger charge is -2.41. The molecule has 1 saturated heterocycles. The molecule has 0 aromatic carbocycles. The first-order valence-electron chi connectivity index (χ1n) is 34.1. The van der Waals surface area contributed by atoms with Gasteiger partial charge >= 0.3 is 0 Å². The van der Waals surface area contributed by atoms with Crippen LogP contribution in [-0.2, 0) is 67.6 Å². The van der Waals surface area contributed by atoms with Crippen molar-refractivity contribution in [3.05, 3.63) is 0 Å². The van der Waals surface area contributed by atoms with Gasteiger partial charge in [0.15, 0.2) is 0 Å². The second kappa shape index (κ2) is 39.2. The fourth-order valence-corrected chi connectivity index (χ4v) is 12.5. The molecule has 0 saturated carbocycles. The van der Waals surface area contributed by atoms with Crippen LogP contribution in [0, 0.1) is 41.4 Å². The molecular formula is C67H123N13O15S. The number of carbonyl (C=O) groups excluding carboxylic acids is 12. The van der Waals surface area contributed by atoms with Gasteiger partial charge in [0, 0.05) is 76.4 Å². The molecule has 1 rings (SSSR count). The van der Waals surface area contributed by atoms with E-state index in [1.54, 1.807) is 41.5 Å². The van der Waals surface area contributed by atoms with Crippen molar-refractivity contribution < 1.29 is 71.1 Å². The van der Waals surface area contributed by atoms with Gasteiger partial charge in [-0.1, -0.05) is 96.9 Å². The number of amides is 12. The van der Waals surface area contributed by atoms with Gasteiger partial charge in [-0.2, -0.15) is 0 Å². The van der Waals surface area contributed by atoms with Crippen molar-refractivity contribution in [1.82, 2.24) is 65.2 Å². The van der Waals surface area contributed by atoms with Crippen molar-refractivity contribution in [2.45, 2.75) is 242 Å². The zero-order valence-corrected chi connectivity index (χ0v) is 63.5. The lowest BCUT2D eigenvalue weighted by Crippen LogP contribution is -2.64. The van der Waals surface area contributed by atoms with Crippen LogP contribution >= 0.6 is 0 Å². The van der Waals surface area contributed by atoms with Gasteiger partial charge < -0.3 is 66.0 Å². The maximum Gasteiger partial charge on any atom is 0.246 e. The molecular weight excluding hydrogens is 1260 g/mol. The molecule has 0 aromatic rings. The van der Waals surface area contributed by atoms with E-state index in [0.29, 0.717) is 0 Å². The van der Waals surface area contributed by atoms with Gasteiger partial charge in [-0.3, -0.25) is 57.5 Å². The summed E-state index contributed by atoms with van der Waals surface area (Å²) < 4.78 is 25.7. The van der Waals surface area contributed by atoms with Crippen molar-refractivity contribution in [1.29, 1.82) is 0 Å². The molecule has 13 atom stereocenters. The predicted octanol–water partition coefficient (Wildman–Crippen LogP) is 1.87. The number of carbonyl (C=O) groups is 12. The van der Waals surface area contributed by atoms with Gasteiger partial charge in [-0.05, 0) is 107 Å². The summed E-state index contributed by atoms with van der Waals surface area (Å²) in [6.07, 6.45) is -1.14. The highest BCUT2D eigenvalue weighted by atomic mass is 32.2. The maximum atomic E-state index is 15.4. The number of aliphatic hydroxyl groups excluding tert-OH is 1. The number of likely N-dealkylation sites (N-methyl/N-ethyl adjacent to an activating group) is 7. The van der Waals surface area contributed by atoms with E-state index in [2.05, 4.69) is 26.6 Å². The molecule has 29 heteroatoms. The van der Waals surface area contributed by atoms with Crippen LogP contribution in [0.3, 0.4) is 0 Å². The quantitative estimate of drug-likeness (QED) is 0.0956. The van der Waals surface area contributed by atoms with Crippen LogP contribution in [0.1, 0.15) is 169 Å². The minimum atomic E-state index is -3.60. The standard InChI is InChI=1S/C67H123N13O15S/c1-27-47-63(89)74(20)46(17)62(88)75(21)49(34-38(4)5)59(85)72-53(41(10)11)66(92)76(22)48(33-37(2)3)58(84)69-44(15)57(83)70-45(16)61(87)77(23)50(35-39(6)7)64(90)78(24)51(36-40(8)9)65(91)79(25)54(42(12)13)67(93)80(26)55(60(86)71-47)56(82)43(14)29-28-30-52(81)68-31-32-96(94,95)73(18)19/h37-51,53-56,82H,27-36H2,1-26H3,(H,68,81)(H,69,84)(H,70,83)(H,71,86)(H,72,85)/t43-,44+,45-,46-,47+,48+,49+,50+,51+,53+,54+,55+,56-/m1/s1. The monoisotopic (exact) mass is 1380 g/mol. The Hall–Kier alpha value is -6.49. The molecule has 28 nitrogen and oxygen atoms in total. The van der Waals surface area contributed by atoms with E-state index in [-0.39, 0.29) is 87.3 Å². The van der Waals surface area contributed by atoms with Gasteiger partial charge in [0.05, 0.1) is 11.9 Å². The van der Waals surface area contributed by atoms with Crippen LogP contribution in [0.2, 0.25) is 0 Å². The highest BCUT2D eigenvalue weighted by Gasteiger charge is 2.46. The second-order valence-electron chi connectivity index (χ2n) is 29.0. The van der Waals surface area contributed by atoms with Crippen molar-refractivity contribution in [3.63, 3.8) is 0 Å². The smallest absolute Gasteiger partial charge is 0.246 e. The van der Waals surface area contributed by atoms with Crippen molar-refractivity contribution >= 4 is 80.9 Å². The molecule has 0 unspecified atom stereocenters. The number of rotatable bonds is 21. The Morgan fingerprint density at radius 2 is 0.906 bits per heavy atom. The third-order valence-electron chi connectivity index (χ3n) is 18.1. The molecule has 6 N–H and O–H groups in total. The molecule has 0 aromatic heterocycles. The van der Waals surface area contributed by atoms with E-state index in [1.165, 1.54) is 109 Å². The van der Waals surface area contributed by atoms with E-state index in [1.807, 2.05) is 55.4 Å². The first-order valence-corrected chi connectivity index (χ1v) is 35.7. The summed E-state index contributed by atoms with van der Waals surface area (Å²) in [7, 11) is 8.84. The van der Waals surface area contributed by atoms with Gasteiger partial charge in [0.25, 0.3) is 0 Å². The molecule has 1 fully saturated rings. The third kappa shape index (κ3) is 24.8. The second-order valence-corrected chi connectivity index (χ2v) is 31.3. The van der Waals surface area contributed by atoms with E-state index in [9.17, 15) is 51.9 Å². The van der Waals surface area contributed by atoms with E-state index in [0.717, 1.165) is 14.1 Å². The fraction of sp³-hybridized carbons (Fsp3) is 0.821. The lowest BCUT2D eigenvalue weighted by atomic mass is 9.90. The highest BCUT2D eigenvalue weighted by Crippen LogP contribution is 2.26. The highest BCUT2D eigenvalue weighted by molar-refractivity contribution is 7.89. The first kappa shape index (κ1) is 87.5. The molecule has 0 bridgehead atoms. The average Bonchev–Trinajstić information content (AvgIpc) is 0.811. The molecule has 12 amide bonds. The summed E-state index contributed by atoms with van der Waals surface area (Å²) in [6, 6.07) is -14.3. The van der Waals surface area contributed by atoms with Gasteiger partial charge in [-0.15, -0.1) is 0 Å². The number of hydrogen-bond acceptors (Lipinski definition) is 15. The zero-order valence-electron chi connectivity index (χ0n) is 62.7. The van der Waals surface area contributed by atoms with Crippen LogP contribution in [0.15, 0.2) is 0 Å². The van der Waals surface area contributed by atoms with Crippen LogP contribution < -0.4 is 26.6 Å². The normalized spacial score (nSPS) is 26.0. The van der Waals surface area contributed by atoms with Crippen molar-refractivity contribution in [2.75, 3.05) is 75.7 Å². The summed E-state index contributed by atoms with van der Waals surface area (Å²) in [4.78, 5) is 183. The fourth-order valence-electron chi connectivity index (χ4n) is 11.8. The minimum Gasteiger partial charge on any atom is -0.390 e. The van der Waals surface area contributed by atoms with Crippen molar-refractivity contribution in [2.24, 2.45) is 41.4 Å². The molecule has 1 aliphatic heterocycles. The summed E-state index contributed by atoms with van der Waals surface area (Å²) >= 11 is 0. The Morgan fingerprint density at radius 1 is 0.490 bits per heavy atom. The van der Waals surface area contributed by atoms with E-state index >= 15 is 19.2 Å². The maximum absolute atomic E-state index is 15.4. The third-order valence-corrected chi connectivity index (χ3v) is 20.0. The van der Waals surface area contributed by atoms with Crippen LogP contribution in [-0.4, -0.2) is 271 Å². The predicted molar refractivity (Wildman–Crippen MR) is 368 cm³/mol. The van der Waals surface area contributed by atoms with E-state index < -0.39 is 171 Å². The molecule has 0 aliphatic carbocycles.